The molecule has 0 radical (unpaired) electrons. The van der Waals surface area contributed by atoms with Crippen LogP contribution in [0.3, 0.4) is 0 Å². The second-order valence-corrected chi connectivity index (χ2v) is 5.17. The summed E-state index contributed by atoms with van der Waals surface area (Å²) < 4.78 is 0. The minimum Gasteiger partial charge on any atom is -0.298 e. The molecule has 0 saturated carbocycles. The van der Waals surface area contributed by atoms with E-state index in [1.807, 2.05) is 18.4 Å². The van der Waals surface area contributed by atoms with Crippen LogP contribution in [0, 0.1) is 0 Å². The zero-order valence-electron chi connectivity index (χ0n) is 9.13. The molecule has 0 aromatic heterocycles. The van der Waals surface area contributed by atoms with Crippen molar-refractivity contribution in [1.29, 1.82) is 0 Å². The van der Waals surface area contributed by atoms with E-state index in [1.54, 1.807) is 11.8 Å². The van der Waals surface area contributed by atoms with Gasteiger partial charge in [0.25, 0.3) is 0 Å². The maximum absolute atomic E-state index is 10.9. The van der Waals surface area contributed by atoms with Gasteiger partial charge < -0.3 is 0 Å². The Morgan fingerprint density at radius 2 is 1.93 bits per heavy atom. The molecule has 0 spiro atoms. The predicted octanol–water partition coefficient (Wildman–Crippen LogP) is 3.52. The molecular formula is C12H16OS. The average molecular weight is 208 g/mol. The van der Waals surface area contributed by atoms with Gasteiger partial charge in [-0.1, -0.05) is 26.8 Å². The molecule has 1 aromatic carbocycles. The van der Waals surface area contributed by atoms with E-state index in [9.17, 15) is 4.79 Å². The summed E-state index contributed by atoms with van der Waals surface area (Å²) in [5, 5.41) is 0. The molecule has 76 valence electrons. The topological polar surface area (TPSA) is 17.1 Å². The first-order valence-electron chi connectivity index (χ1n) is 4.62. The van der Waals surface area contributed by atoms with Crippen molar-refractivity contribution in [2.45, 2.75) is 31.1 Å². The molecule has 0 amide bonds. The summed E-state index contributed by atoms with van der Waals surface area (Å²) >= 11 is 1.61. The molecule has 0 aliphatic heterocycles. The van der Waals surface area contributed by atoms with Crippen LogP contribution in [0.15, 0.2) is 23.1 Å². The van der Waals surface area contributed by atoms with Crippen molar-refractivity contribution in [2.24, 2.45) is 0 Å². The lowest BCUT2D eigenvalue weighted by molar-refractivity contribution is 0.112. The summed E-state index contributed by atoms with van der Waals surface area (Å²) in [7, 11) is 0. The number of carbonyl (C=O) groups is 1. The molecular weight excluding hydrogens is 192 g/mol. The van der Waals surface area contributed by atoms with Gasteiger partial charge in [0, 0.05) is 10.5 Å². The lowest BCUT2D eigenvalue weighted by Gasteiger charge is -2.19. The highest BCUT2D eigenvalue weighted by molar-refractivity contribution is 7.98. The van der Waals surface area contributed by atoms with Gasteiger partial charge in [-0.2, -0.15) is 0 Å². The zero-order chi connectivity index (χ0) is 10.8. The first-order chi connectivity index (χ1) is 6.49. The Kier molecular flexibility index (Phi) is 3.38. The molecule has 0 heterocycles. The highest BCUT2D eigenvalue weighted by atomic mass is 32.2. The number of aldehydes is 1. The Hall–Kier alpha value is -0.760. The van der Waals surface area contributed by atoms with Crippen LogP contribution in [-0.4, -0.2) is 12.5 Å². The Bertz CT molecular complexity index is 337. The summed E-state index contributed by atoms with van der Waals surface area (Å²) in [6.45, 7) is 6.45. The standard InChI is InChI=1S/C12H16OS/c1-12(2,3)10-5-6-11(14-4)9(7-10)8-13/h5-8H,1-4H3. The van der Waals surface area contributed by atoms with E-state index in [1.165, 1.54) is 5.56 Å². The molecule has 0 aliphatic carbocycles. The van der Waals surface area contributed by atoms with Crippen LogP contribution >= 0.6 is 11.8 Å². The first kappa shape index (κ1) is 11.3. The van der Waals surface area contributed by atoms with E-state index in [0.717, 1.165) is 16.7 Å². The van der Waals surface area contributed by atoms with E-state index in [-0.39, 0.29) is 5.41 Å². The van der Waals surface area contributed by atoms with Crippen LogP contribution < -0.4 is 0 Å². The molecule has 0 unspecified atom stereocenters. The van der Waals surface area contributed by atoms with Crippen LogP contribution in [0.25, 0.3) is 0 Å². The van der Waals surface area contributed by atoms with Gasteiger partial charge in [-0.05, 0) is 29.4 Å². The zero-order valence-corrected chi connectivity index (χ0v) is 9.94. The van der Waals surface area contributed by atoms with Crippen LogP contribution in [-0.2, 0) is 5.41 Å². The molecule has 0 fully saturated rings. The Morgan fingerprint density at radius 1 is 1.29 bits per heavy atom. The van der Waals surface area contributed by atoms with Gasteiger partial charge in [-0.15, -0.1) is 11.8 Å². The van der Waals surface area contributed by atoms with Crippen molar-refractivity contribution in [3.63, 3.8) is 0 Å². The predicted molar refractivity (Wildman–Crippen MR) is 62.3 cm³/mol. The number of carbonyl (C=O) groups excluding carboxylic acids is 1. The van der Waals surface area contributed by atoms with Gasteiger partial charge in [0.1, 0.15) is 0 Å². The fraction of sp³-hybridized carbons (Fsp3) is 0.417. The van der Waals surface area contributed by atoms with Gasteiger partial charge in [0.2, 0.25) is 0 Å². The average Bonchev–Trinajstić information content (AvgIpc) is 2.15. The number of hydrogen-bond acceptors (Lipinski definition) is 2. The van der Waals surface area contributed by atoms with Crippen molar-refractivity contribution in [3.8, 4) is 0 Å². The van der Waals surface area contributed by atoms with E-state index < -0.39 is 0 Å². The SMILES string of the molecule is CSc1ccc(C(C)(C)C)cc1C=O. The molecule has 0 bridgehead atoms. The smallest absolute Gasteiger partial charge is 0.151 e. The van der Waals surface area contributed by atoms with Crippen molar-refractivity contribution in [3.05, 3.63) is 29.3 Å². The van der Waals surface area contributed by atoms with Gasteiger partial charge >= 0.3 is 0 Å². The van der Waals surface area contributed by atoms with Crippen LogP contribution in [0.5, 0.6) is 0 Å². The van der Waals surface area contributed by atoms with Crippen molar-refractivity contribution >= 4 is 18.0 Å². The fourth-order valence-corrected chi connectivity index (χ4v) is 1.84. The van der Waals surface area contributed by atoms with Crippen LogP contribution in [0.2, 0.25) is 0 Å². The van der Waals surface area contributed by atoms with Crippen molar-refractivity contribution < 1.29 is 4.79 Å². The van der Waals surface area contributed by atoms with E-state index in [4.69, 9.17) is 0 Å². The number of rotatable bonds is 2. The Labute approximate surface area is 89.9 Å². The lowest BCUT2D eigenvalue weighted by atomic mass is 9.86. The van der Waals surface area contributed by atoms with Gasteiger partial charge in [-0.25, -0.2) is 0 Å². The third-order valence-corrected chi connectivity index (χ3v) is 3.03. The Morgan fingerprint density at radius 3 is 2.36 bits per heavy atom. The van der Waals surface area contributed by atoms with Crippen molar-refractivity contribution in [2.75, 3.05) is 6.26 Å². The third kappa shape index (κ3) is 2.38. The number of thioether (sulfide) groups is 1. The maximum Gasteiger partial charge on any atom is 0.151 e. The molecule has 1 nitrogen and oxygen atoms in total. The first-order valence-corrected chi connectivity index (χ1v) is 5.85. The van der Waals surface area contributed by atoms with Gasteiger partial charge in [-0.3, -0.25) is 4.79 Å². The highest BCUT2D eigenvalue weighted by Gasteiger charge is 2.14. The van der Waals surface area contributed by atoms with Gasteiger partial charge in [0.05, 0.1) is 0 Å². The fourth-order valence-electron chi connectivity index (χ4n) is 1.29. The number of benzene rings is 1. The van der Waals surface area contributed by atoms with Crippen molar-refractivity contribution in [1.82, 2.24) is 0 Å². The molecule has 1 aromatic rings. The molecule has 0 atom stereocenters. The number of hydrogen-bond donors (Lipinski definition) is 0. The minimum atomic E-state index is 0.106. The van der Waals surface area contributed by atoms with Crippen LogP contribution in [0.1, 0.15) is 36.7 Å². The summed E-state index contributed by atoms with van der Waals surface area (Å²) in [6, 6.07) is 6.10. The lowest BCUT2D eigenvalue weighted by Crippen LogP contribution is -2.11. The molecule has 14 heavy (non-hydrogen) atoms. The quantitative estimate of drug-likeness (QED) is 0.546. The van der Waals surface area contributed by atoms with Crippen LogP contribution in [0.4, 0.5) is 0 Å². The molecule has 1 rings (SSSR count). The van der Waals surface area contributed by atoms with E-state index >= 15 is 0 Å². The second-order valence-electron chi connectivity index (χ2n) is 4.32. The summed E-state index contributed by atoms with van der Waals surface area (Å²) in [5.41, 5.74) is 2.11. The maximum atomic E-state index is 10.9. The third-order valence-electron chi connectivity index (χ3n) is 2.22. The van der Waals surface area contributed by atoms with E-state index in [0.29, 0.717) is 0 Å². The summed E-state index contributed by atoms with van der Waals surface area (Å²) in [4.78, 5) is 11.9. The molecule has 2 heteroatoms. The molecule has 0 aliphatic rings. The van der Waals surface area contributed by atoms with Gasteiger partial charge in [0.15, 0.2) is 6.29 Å². The monoisotopic (exact) mass is 208 g/mol. The highest BCUT2D eigenvalue weighted by Crippen LogP contribution is 2.27. The van der Waals surface area contributed by atoms with E-state index in [2.05, 4.69) is 26.8 Å². The largest absolute Gasteiger partial charge is 0.298 e. The molecule has 0 saturated heterocycles. The normalized spacial score (nSPS) is 11.4. The molecule has 0 N–H and O–H groups in total. The Balaban J connectivity index is 3.21. The summed E-state index contributed by atoms with van der Waals surface area (Å²) in [6.07, 6.45) is 2.92. The second kappa shape index (κ2) is 4.18. The summed E-state index contributed by atoms with van der Waals surface area (Å²) in [5.74, 6) is 0. The minimum absolute atomic E-state index is 0.106.